The molecule has 1 heterocycles. The van der Waals surface area contributed by atoms with Gasteiger partial charge in [-0.05, 0) is 35.0 Å². The van der Waals surface area contributed by atoms with Crippen LogP contribution >= 0.6 is 0 Å². The number of nitrogens with one attached hydrogen (secondary N) is 2. The number of carbonyl (C=O) groups is 3. The van der Waals surface area contributed by atoms with Gasteiger partial charge in [0.2, 0.25) is 5.91 Å². The molecule has 8 nitrogen and oxygen atoms in total. The summed E-state index contributed by atoms with van der Waals surface area (Å²) in [5, 5.41) is 7.04. The second-order valence-corrected chi connectivity index (χ2v) is 7.03. The molecule has 1 saturated heterocycles. The van der Waals surface area contributed by atoms with E-state index in [2.05, 4.69) is 10.6 Å². The Hall–Kier alpha value is -4.33. The second-order valence-electron chi connectivity index (χ2n) is 7.03. The number of fused-ring (bicyclic) bond motifs is 1. The molecule has 1 fully saturated rings. The summed E-state index contributed by atoms with van der Waals surface area (Å²) in [5.41, 5.74) is 1.17. The minimum Gasteiger partial charge on any atom is -0.496 e. The molecule has 0 unspecified atom stereocenters. The SMILES string of the molecule is COc1ccccc1NC(=O)CN1C(=O)N/C(=C\c2c(OC)ccc3ccccc23)C1=O. The molecule has 0 atom stereocenters. The zero-order valence-corrected chi connectivity index (χ0v) is 17.5. The summed E-state index contributed by atoms with van der Waals surface area (Å²) in [6, 6.07) is 17.6. The summed E-state index contributed by atoms with van der Waals surface area (Å²) < 4.78 is 10.7. The van der Waals surface area contributed by atoms with E-state index in [1.165, 1.54) is 14.2 Å². The predicted octanol–water partition coefficient (Wildman–Crippen LogP) is 3.39. The molecule has 0 saturated carbocycles. The molecule has 3 aromatic rings. The van der Waals surface area contributed by atoms with Crippen molar-refractivity contribution in [2.45, 2.75) is 0 Å². The predicted molar refractivity (Wildman–Crippen MR) is 120 cm³/mol. The van der Waals surface area contributed by atoms with E-state index >= 15 is 0 Å². The van der Waals surface area contributed by atoms with Crippen LogP contribution in [0.5, 0.6) is 11.5 Å². The number of imide groups is 1. The van der Waals surface area contributed by atoms with E-state index in [-0.39, 0.29) is 5.70 Å². The molecular weight excluding hydrogens is 410 g/mol. The Bertz CT molecular complexity index is 1250. The molecule has 4 amide bonds. The lowest BCUT2D eigenvalue weighted by molar-refractivity contribution is -0.127. The molecule has 8 heteroatoms. The molecule has 3 aromatic carbocycles. The van der Waals surface area contributed by atoms with Crippen LogP contribution in [0.2, 0.25) is 0 Å². The molecule has 1 aliphatic rings. The Kier molecular flexibility index (Phi) is 5.76. The minimum atomic E-state index is -0.671. The number of amides is 4. The first kappa shape index (κ1) is 20.9. The number of hydrogen-bond acceptors (Lipinski definition) is 5. The quantitative estimate of drug-likeness (QED) is 0.461. The van der Waals surface area contributed by atoms with E-state index in [1.807, 2.05) is 30.3 Å². The zero-order valence-electron chi connectivity index (χ0n) is 17.5. The Morgan fingerprint density at radius 1 is 0.969 bits per heavy atom. The summed E-state index contributed by atoms with van der Waals surface area (Å²) in [5.74, 6) is -0.0885. The highest BCUT2D eigenvalue weighted by Gasteiger charge is 2.35. The number of anilines is 1. The van der Waals surface area contributed by atoms with E-state index in [9.17, 15) is 14.4 Å². The fraction of sp³-hybridized carbons (Fsp3) is 0.125. The normalized spacial score (nSPS) is 14.6. The minimum absolute atomic E-state index is 0.0646. The standard InChI is InChI=1S/C24H21N3O5/c1-31-20-12-11-15-7-3-4-8-16(15)17(20)13-19-23(29)27(24(30)26-19)14-22(28)25-18-9-5-6-10-21(18)32-2/h3-13H,14H2,1-2H3,(H,25,28)(H,26,30)/b19-13-. The van der Waals surface area contributed by atoms with Crippen LogP contribution in [0.15, 0.2) is 66.4 Å². The van der Waals surface area contributed by atoms with Crippen LogP contribution in [0, 0.1) is 0 Å². The number of carbonyl (C=O) groups excluding carboxylic acids is 3. The van der Waals surface area contributed by atoms with Crippen molar-refractivity contribution in [3.8, 4) is 11.5 Å². The van der Waals surface area contributed by atoms with Gasteiger partial charge in [-0.1, -0.05) is 42.5 Å². The third-order valence-electron chi connectivity index (χ3n) is 5.08. The van der Waals surface area contributed by atoms with E-state index in [0.717, 1.165) is 15.7 Å². The number of benzene rings is 3. The summed E-state index contributed by atoms with van der Waals surface area (Å²) in [7, 11) is 3.02. The van der Waals surface area contributed by atoms with Gasteiger partial charge in [0.05, 0.1) is 19.9 Å². The van der Waals surface area contributed by atoms with Crippen molar-refractivity contribution in [2.24, 2.45) is 0 Å². The molecule has 0 aromatic heterocycles. The number of methoxy groups -OCH3 is 2. The second kappa shape index (κ2) is 8.81. The fourth-order valence-electron chi connectivity index (χ4n) is 3.54. The van der Waals surface area contributed by atoms with Gasteiger partial charge in [-0.2, -0.15) is 0 Å². The Morgan fingerprint density at radius 3 is 2.47 bits per heavy atom. The van der Waals surface area contributed by atoms with Crippen molar-refractivity contribution in [2.75, 3.05) is 26.1 Å². The summed E-state index contributed by atoms with van der Waals surface area (Å²) in [6.07, 6.45) is 1.57. The van der Waals surface area contributed by atoms with Gasteiger partial charge in [-0.25, -0.2) is 9.69 Å². The monoisotopic (exact) mass is 431 g/mol. The molecule has 162 valence electrons. The van der Waals surface area contributed by atoms with Crippen molar-refractivity contribution in [1.29, 1.82) is 0 Å². The third-order valence-corrected chi connectivity index (χ3v) is 5.08. The Morgan fingerprint density at radius 2 is 1.69 bits per heavy atom. The summed E-state index contributed by atoms with van der Waals surface area (Å²) in [6.45, 7) is -0.438. The molecule has 0 aliphatic carbocycles. The van der Waals surface area contributed by atoms with E-state index < -0.39 is 24.4 Å². The van der Waals surface area contributed by atoms with Crippen molar-refractivity contribution in [1.82, 2.24) is 10.2 Å². The first-order valence-electron chi connectivity index (χ1n) is 9.85. The molecule has 0 spiro atoms. The van der Waals surface area contributed by atoms with E-state index in [4.69, 9.17) is 9.47 Å². The maximum absolute atomic E-state index is 12.9. The van der Waals surface area contributed by atoms with Crippen LogP contribution < -0.4 is 20.1 Å². The van der Waals surface area contributed by atoms with Crippen molar-refractivity contribution >= 4 is 40.4 Å². The van der Waals surface area contributed by atoms with Crippen molar-refractivity contribution in [3.63, 3.8) is 0 Å². The van der Waals surface area contributed by atoms with Crippen LogP contribution in [-0.2, 0) is 9.59 Å². The number of para-hydroxylation sites is 2. The number of hydrogen-bond donors (Lipinski definition) is 2. The summed E-state index contributed by atoms with van der Waals surface area (Å²) in [4.78, 5) is 38.7. The van der Waals surface area contributed by atoms with Gasteiger partial charge in [0.15, 0.2) is 0 Å². The first-order chi connectivity index (χ1) is 15.5. The topological polar surface area (TPSA) is 97.0 Å². The maximum Gasteiger partial charge on any atom is 0.329 e. The van der Waals surface area contributed by atoms with Crippen LogP contribution in [0.25, 0.3) is 16.8 Å². The molecule has 32 heavy (non-hydrogen) atoms. The van der Waals surface area contributed by atoms with E-state index in [0.29, 0.717) is 22.7 Å². The first-order valence-corrected chi connectivity index (χ1v) is 9.85. The van der Waals surface area contributed by atoms with Gasteiger partial charge >= 0.3 is 6.03 Å². The maximum atomic E-state index is 12.9. The Balaban J connectivity index is 1.58. The lowest BCUT2D eigenvalue weighted by atomic mass is 10.0. The van der Waals surface area contributed by atoms with Gasteiger partial charge in [-0.15, -0.1) is 0 Å². The number of rotatable bonds is 6. The van der Waals surface area contributed by atoms with Crippen molar-refractivity contribution < 1.29 is 23.9 Å². The van der Waals surface area contributed by atoms with Crippen LogP contribution in [-0.4, -0.2) is 43.5 Å². The van der Waals surface area contributed by atoms with Gasteiger partial charge in [-0.3, -0.25) is 9.59 Å². The molecule has 0 radical (unpaired) electrons. The van der Waals surface area contributed by atoms with Gasteiger partial charge in [0, 0.05) is 5.56 Å². The highest BCUT2D eigenvalue weighted by Crippen LogP contribution is 2.30. The fourth-order valence-corrected chi connectivity index (χ4v) is 3.54. The third kappa shape index (κ3) is 3.98. The van der Waals surface area contributed by atoms with Crippen molar-refractivity contribution in [3.05, 3.63) is 71.9 Å². The number of nitrogens with zero attached hydrogens (tertiary/aromatic N) is 1. The lowest BCUT2D eigenvalue weighted by Crippen LogP contribution is -2.38. The zero-order chi connectivity index (χ0) is 22.7. The number of ether oxygens (including phenoxy) is 2. The van der Waals surface area contributed by atoms with Gasteiger partial charge in [0.25, 0.3) is 5.91 Å². The molecular formula is C24H21N3O5. The van der Waals surface area contributed by atoms with Crippen LogP contribution in [0.1, 0.15) is 5.56 Å². The van der Waals surface area contributed by atoms with Crippen LogP contribution in [0.3, 0.4) is 0 Å². The number of urea groups is 1. The lowest BCUT2D eigenvalue weighted by Gasteiger charge is -2.13. The smallest absolute Gasteiger partial charge is 0.329 e. The van der Waals surface area contributed by atoms with E-state index in [1.54, 1.807) is 36.4 Å². The van der Waals surface area contributed by atoms with Gasteiger partial charge < -0.3 is 20.1 Å². The molecule has 0 bridgehead atoms. The highest BCUT2D eigenvalue weighted by atomic mass is 16.5. The average molecular weight is 431 g/mol. The largest absolute Gasteiger partial charge is 0.496 e. The average Bonchev–Trinajstić information content (AvgIpc) is 3.07. The highest BCUT2D eigenvalue weighted by molar-refractivity contribution is 6.16. The molecule has 4 rings (SSSR count). The Labute approximate surface area is 184 Å². The van der Waals surface area contributed by atoms with Gasteiger partial charge in [0.1, 0.15) is 23.7 Å². The summed E-state index contributed by atoms with van der Waals surface area (Å²) >= 11 is 0. The molecule has 1 aliphatic heterocycles. The molecule has 2 N–H and O–H groups in total. The van der Waals surface area contributed by atoms with Crippen LogP contribution in [0.4, 0.5) is 10.5 Å².